The highest BCUT2D eigenvalue weighted by molar-refractivity contribution is 7.09. The third-order valence-electron chi connectivity index (χ3n) is 6.97. The highest BCUT2D eigenvalue weighted by Crippen LogP contribution is 2.31. The minimum absolute atomic E-state index is 0.129. The molecule has 1 saturated heterocycles. The molecule has 1 atom stereocenters. The number of piperidine rings is 1. The Kier molecular flexibility index (Phi) is 8.15. The SMILES string of the molecule is CCOC(=O)C(Cc1ccccc1)NC(=O)c1csc(C2CCN(C(=O)c3nnc4cc(C)nn4c3C)CC2)n1. The van der Waals surface area contributed by atoms with Crippen LogP contribution >= 0.6 is 11.3 Å². The Bertz CT molecular complexity index is 1530. The summed E-state index contributed by atoms with van der Waals surface area (Å²) in [6, 6.07) is 10.5. The van der Waals surface area contributed by atoms with E-state index in [2.05, 4.69) is 25.6 Å². The second-order valence-corrected chi connectivity index (χ2v) is 10.7. The van der Waals surface area contributed by atoms with Crippen LogP contribution in [0.4, 0.5) is 0 Å². The van der Waals surface area contributed by atoms with E-state index in [-0.39, 0.29) is 24.1 Å². The number of carbonyl (C=O) groups excluding carboxylic acids is 3. The molecule has 4 heterocycles. The molecule has 11 nitrogen and oxygen atoms in total. The van der Waals surface area contributed by atoms with Gasteiger partial charge in [-0.05, 0) is 39.2 Å². The van der Waals surface area contributed by atoms with Crippen molar-refractivity contribution >= 4 is 34.8 Å². The van der Waals surface area contributed by atoms with Gasteiger partial charge in [0.25, 0.3) is 11.8 Å². The lowest BCUT2D eigenvalue weighted by Gasteiger charge is -2.31. The van der Waals surface area contributed by atoms with Gasteiger partial charge < -0.3 is 15.0 Å². The largest absolute Gasteiger partial charge is 0.464 e. The Morgan fingerprint density at radius 2 is 1.88 bits per heavy atom. The number of hydrogen-bond donors (Lipinski definition) is 1. The topological polar surface area (TPSA) is 132 Å². The first-order chi connectivity index (χ1) is 19.3. The average Bonchev–Trinajstić information content (AvgIpc) is 3.61. The first-order valence-corrected chi connectivity index (χ1v) is 14.2. The van der Waals surface area contributed by atoms with E-state index < -0.39 is 17.9 Å². The van der Waals surface area contributed by atoms with Crippen LogP contribution < -0.4 is 5.32 Å². The minimum atomic E-state index is -0.814. The first kappa shape index (κ1) is 27.4. The van der Waals surface area contributed by atoms with Gasteiger partial charge >= 0.3 is 5.97 Å². The van der Waals surface area contributed by atoms with Crippen molar-refractivity contribution in [3.05, 3.63) is 75.1 Å². The quantitative estimate of drug-likeness (QED) is 0.325. The predicted molar refractivity (Wildman–Crippen MR) is 148 cm³/mol. The van der Waals surface area contributed by atoms with Crippen LogP contribution in [0, 0.1) is 13.8 Å². The van der Waals surface area contributed by atoms with E-state index in [4.69, 9.17) is 4.74 Å². The van der Waals surface area contributed by atoms with Crippen LogP contribution in [0.5, 0.6) is 0 Å². The molecule has 40 heavy (non-hydrogen) atoms. The Morgan fingerprint density at radius 3 is 2.60 bits per heavy atom. The van der Waals surface area contributed by atoms with Gasteiger partial charge in [0.1, 0.15) is 11.7 Å². The van der Waals surface area contributed by atoms with Gasteiger partial charge in [-0.1, -0.05) is 30.3 Å². The van der Waals surface area contributed by atoms with E-state index in [0.29, 0.717) is 36.5 Å². The smallest absolute Gasteiger partial charge is 0.328 e. The summed E-state index contributed by atoms with van der Waals surface area (Å²) in [4.78, 5) is 45.2. The molecule has 1 unspecified atom stereocenters. The third-order valence-corrected chi connectivity index (χ3v) is 7.98. The van der Waals surface area contributed by atoms with Gasteiger partial charge in [0, 0.05) is 36.9 Å². The molecule has 0 saturated carbocycles. The zero-order valence-corrected chi connectivity index (χ0v) is 23.5. The first-order valence-electron chi connectivity index (χ1n) is 13.3. The molecule has 0 aliphatic carbocycles. The molecule has 2 amide bonds. The normalized spacial score (nSPS) is 14.7. The van der Waals surface area contributed by atoms with Crippen molar-refractivity contribution in [2.45, 2.75) is 52.0 Å². The fourth-order valence-corrected chi connectivity index (χ4v) is 5.82. The molecular formula is C28H31N7O4S. The number of likely N-dealkylation sites (tertiary alicyclic amines) is 1. The summed E-state index contributed by atoms with van der Waals surface area (Å²) < 4.78 is 6.84. The Hall–Kier alpha value is -4.19. The molecule has 0 spiro atoms. The van der Waals surface area contributed by atoms with Crippen LogP contribution in [0.25, 0.3) is 5.65 Å². The van der Waals surface area contributed by atoms with Gasteiger partial charge in [0.2, 0.25) is 0 Å². The Labute approximate surface area is 235 Å². The van der Waals surface area contributed by atoms with E-state index in [1.807, 2.05) is 50.2 Å². The summed E-state index contributed by atoms with van der Waals surface area (Å²) >= 11 is 1.42. The van der Waals surface area contributed by atoms with Crippen LogP contribution in [0.2, 0.25) is 0 Å². The number of nitrogens with zero attached hydrogens (tertiary/aromatic N) is 6. The highest BCUT2D eigenvalue weighted by Gasteiger charge is 2.30. The van der Waals surface area contributed by atoms with Crippen LogP contribution in [-0.2, 0) is 16.0 Å². The number of ether oxygens (including phenoxy) is 1. The molecule has 1 aromatic carbocycles. The molecule has 1 aliphatic rings. The summed E-state index contributed by atoms with van der Waals surface area (Å²) in [6.45, 7) is 6.75. The molecule has 0 radical (unpaired) electrons. The van der Waals surface area contributed by atoms with Crippen LogP contribution in [0.1, 0.15) is 68.6 Å². The van der Waals surface area contributed by atoms with Crippen molar-refractivity contribution in [2.24, 2.45) is 0 Å². The molecule has 1 N–H and O–H groups in total. The summed E-state index contributed by atoms with van der Waals surface area (Å²) in [7, 11) is 0. The Balaban J connectivity index is 1.21. The number of aryl methyl sites for hydroxylation is 2. The maximum atomic E-state index is 13.2. The highest BCUT2D eigenvalue weighted by atomic mass is 32.1. The number of aromatic nitrogens is 5. The summed E-state index contributed by atoms with van der Waals surface area (Å²) in [5, 5.41) is 18.1. The van der Waals surface area contributed by atoms with Crippen LogP contribution in [0.15, 0.2) is 41.8 Å². The molecule has 12 heteroatoms. The van der Waals surface area contributed by atoms with Crippen LogP contribution in [0.3, 0.4) is 0 Å². The zero-order chi connectivity index (χ0) is 28.2. The number of carbonyl (C=O) groups is 3. The van der Waals surface area contributed by atoms with Crippen molar-refractivity contribution in [2.75, 3.05) is 19.7 Å². The lowest BCUT2D eigenvalue weighted by atomic mass is 9.97. The maximum Gasteiger partial charge on any atom is 0.328 e. The molecular weight excluding hydrogens is 530 g/mol. The predicted octanol–water partition coefficient (Wildman–Crippen LogP) is 3.12. The monoisotopic (exact) mass is 561 g/mol. The molecule has 1 fully saturated rings. The van der Waals surface area contributed by atoms with Gasteiger partial charge in [0.15, 0.2) is 11.3 Å². The van der Waals surface area contributed by atoms with Gasteiger partial charge in [-0.25, -0.2) is 14.3 Å². The fourth-order valence-electron chi connectivity index (χ4n) is 4.85. The molecule has 3 aromatic heterocycles. The number of thiazole rings is 1. The second kappa shape index (κ2) is 11.9. The van der Waals surface area contributed by atoms with Crippen molar-refractivity contribution in [3.8, 4) is 0 Å². The molecule has 4 aromatic rings. The van der Waals surface area contributed by atoms with E-state index in [1.54, 1.807) is 21.7 Å². The van der Waals surface area contributed by atoms with E-state index >= 15 is 0 Å². The second-order valence-electron chi connectivity index (χ2n) is 9.80. The number of hydrogen-bond acceptors (Lipinski definition) is 9. The van der Waals surface area contributed by atoms with Crippen molar-refractivity contribution in [1.82, 2.24) is 35.0 Å². The molecule has 0 bridgehead atoms. The molecule has 208 valence electrons. The minimum Gasteiger partial charge on any atom is -0.464 e. The van der Waals surface area contributed by atoms with Crippen molar-refractivity contribution < 1.29 is 19.1 Å². The van der Waals surface area contributed by atoms with Gasteiger partial charge in [-0.15, -0.1) is 21.5 Å². The summed E-state index contributed by atoms with van der Waals surface area (Å²) in [5.74, 6) is -0.929. The van der Waals surface area contributed by atoms with E-state index in [9.17, 15) is 14.4 Å². The zero-order valence-electron chi connectivity index (χ0n) is 22.7. The van der Waals surface area contributed by atoms with Gasteiger partial charge in [-0.3, -0.25) is 9.59 Å². The lowest BCUT2D eigenvalue weighted by Crippen LogP contribution is -2.43. The molecule has 1 aliphatic heterocycles. The maximum absolute atomic E-state index is 13.2. The van der Waals surface area contributed by atoms with Crippen molar-refractivity contribution in [3.63, 3.8) is 0 Å². The number of fused-ring (bicyclic) bond motifs is 1. The van der Waals surface area contributed by atoms with E-state index in [0.717, 1.165) is 29.1 Å². The summed E-state index contributed by atoms with van der Waals surface area (Å²) in [5.41, 5.74) is 3.58. The Morgan fingerprint density at radius 1 is 1.12 bits per heavy atom. The lowest BCUT2D eigenvalue weighted by molar-refractivity contribution is -0.145. The summed E-state index contributed by atoms with van der Waals surface area (Å²) in [6.07, 6.45) is 1.76. The average molecular weight is 562 g/mol. The number of esters is 1. The fraction of sp³-hybridized carbons (Fsp3) is 0.393. The number of nitrogens with one attached hydrogen (secondary N) is 1. The van der Waals surface area contributed by atoms with Gasteiger partial charge in [-0.2, -0.15) is 5.10 Å². The third kappa shape index (κ3) is 5.86. The number of rotatable bonds is 8. The van der Waals surface area contributed by atoms with E-state index in [1.165, 1.54) is 11.3 Å². The molecule has 5 rings (SSSR count). The standard InChI is InChI=1S/C28H31N7O4S/c1-4-39-28(38)21(15-19-8-6-5-7-9-19)29-25(36)22-16-40-26(30-22)20-10-12-34(13-11-20)27(37)24-18(3)35-23(31-32-24)14-17(2)33-35/h5-9,14,16,20-21H,4,10-13,15H2,1-3H3,(H,29,36). The van der Waals surface area contributed by atoms with Gasteiger partial charge in [0.05, 0.1) is 23.0 Å². The number of amides is 2. The van der Waals surface area contributed by atoms with Crippen LogP contribution in [-0.4, -0.2) is 73.2 Å². The van der Waals surface area contributed by atoms with Crippen molar-refractivity contribution in [1.29, 1.82) is 0 Å². The number of benzene rings is 1.